The van der Waals surface area contributed by atoms with Crippen molar-refractivity contribution in [1.82, 2.24) is 4.98 Å². The van der Waals surface area contributed by atoms with Crippen LogP contribution in [0, 0.1) is 0 Å². The summed E-state index contributed by atoms with van der Waals surface area (Å²) in [5, 5.41) is 0. The summed E-state index contributed by atoms with van der Waals surface area (Å²) in [6.07, 6.45) is 1.44. The third kappa shape index (κ3) is 3.26. The van der Waals surface area contributed by atoms with Crippen molar-refractivity contribution < 1.29 is 13.5 Å². The van der Waals surface area contributed by atoms with Crippen molar-refractivity contribution in [2.45, 2.75) is 18.4 Å². The van der Waals surface area contributed by atoms with E-state index in [0.29, 0.717) is 0 Å². The van der Waals surface area contributed by atoms with Crippen LogP contribution in [0.3, 0.4) is 0 Å². The van der Waals surface area contributed by atoms with Crippen molar-refractivity contribution in [2.75, 3.05) is 0 Å². The second-order valence-electron chi connectivity index (χ2n) is 2.42. The quantitative estimate of drug-likeness (QED) is 0.771. The summed E-state index contributed by atoms with van der Waals surface area (Å²) in [5.74, 6) is -0.0567. The lowest BCUT2D eigenvalue weighted by atomic mass is 10.2. The van der Waals surface area contributed by atoms with E-state index < -0.39 is 6.61 Å². The van der Waals surface area contributed by atoms with E-state index in [1.807, 2.05) is 6.92 Å². The summed E-state index contributed by atoms with van der Waals surface area (Å²) in [6, 6.07) is 3.21. The van der Waals surface area contributed by atoms with Crippen molar-refractivity contribution in [3.8, 4) is 5.88 Å². The van der Waals surface area contributed by atoms with Gasteiger partial charge in [0, 0.05) is 17.1 Å². The molecule has 2 nitrogen and oxygen atoms in total. The fraction of sp³-hybridized carbons (Fsp3) is 0.375. The molecular formula is C8H8BrF2NO. The molecule has 13 heavy (non-hydrogen) atoms. The molecule has 0 amide bonds. The first-order chi connectivity index (χ1) is 6.09. The molecule has 72 valence electrons. The van der Waals surface area contributed by atoms with Gasteiger partial charge in [0.1, 0.15) is 0 Å². The molecule has 1 aromatic heterocycles. The van der Waals surface area contributed by atoms with Crippen LogP contribution in [0.15, 0.2) is 18.3 Å². The molecule has 0 aromatic carbocycles. The van der Waals surface area contributed by atoms with E-state index in [1.54, 1.807) is 6.07 Å². The number of rotatable bonds is 3. The van der Waals surface area contributed by atoms with Crippen LogP contribution in [0.4, 0.5) is 8.78 Å². The number of aromatic nitrogens is 1. The smallest absolute Gasteiger partial charge is 0.388 e. The van der Waals surface area contributed by atoms with Crippen LogP contribution in [-0.2, 0) is 0 Å². The molecule has 0 saturated carbocycles. The minimum Gasteiger partial charge on any atom is -0.417 e. The Hall–Kier alpha value is -0.710. The number of pyridine rings is 1. The first kappa shape index (κ1) is 10.4. The first-order valence-electron chi connectivity index (χ1n) is 3.64. The van der Waals surface area contributed by atoms with E-state index in [9.17, 15) is 8.78 Å². The van der Waals surface area contributed by atoms with Gasteiger partial charge in [0.2, 0.25) is 5.88 Å². The second-order valence-corrected chi connectivity index (χ2v) is 3.80. The Balaban J connectivity index is 2.79. The molecule has 0 spiro atoms. The molecule has 1 heterocycles. The van der Waals surface area contributed by atoms with E-state index in [1.165, 1.54) is 12.3 Å². The molecule has 1 atom stereocenters. The maximum absolute atomic E-state index is 11.8. The molecular weight excluding hydrogens is 244 g/mol. The monoisotopic (exact) mass is 251 g/mol. The normalized spacial score (nSPS) is 13.0. The molecule has 0 bridgehead atoms. The van der Waals surface area contributed by atoms with Gasteiger partial charge in [-0.2, -0.15) is 8.78 Å². The van der Waals surface area contributed by atoms with E-state index in [2.05, 4.69) is 25.7 Å². The summed E-state index contributed by atoms with van der Waals surface area (Å²) in [7, 11) is 0. The molecule has 1 rings (SSSR count). The maximum atomic E-state index is 11.8. The van der Waals surface area contributed by atoms with Gasteiger partial charge in [0.25, 0.3) is 0 Å². The van der Waals surface area contributed by atoms with Gasteiger partial charge >= 0.3 is 6.61 Å². The fourth-order valence-electron chi connectivity index (χ4n) is 0.828. The van der Waals surface area contributed by atoms with Crippen LogP contribution < -0.4 is 4.74 Å². The van der Waals surface area contributed by atoms with Crippen LogP contribution in [0.2, 0.25) is 0 Å². The summed E-state index contributed by atoms with van der Waals surface area (Å²) < 4.78 is 27.7. The molecule has 0 aliphatic carbocycles. The van der Waals surface area contributed by atoms with Gasteiger partial charge < -0.3 is 4.74 Å². The van der Waals surface area contributed by atoms with Crippen LogP contribution in [0.1, 0.15) is 17.3 Å². The van der Waals surface area contributed by atoms with Crippen molar-refractivity contribution in [3.63, 3.8) is 0 Å². The van der Waals surface area contributed by atoms with Gasteiger partial charge in [-0.25, -0.2) is 4.98 Å². The van der Waals surface area contributed by atoms with E-state index in [4.69, 9.17) is 0 Å². The van der Waals surface area contributed by atoms with E-state index >= 15 is 0 Å². The van der Waals surface area contributed by atoms with E-state index in [-0.39, 0.29) is 10.7 Å². The van der Waals surface area contributed by atoms with Gasteiger partial charge in [0.15, 0.2) is 0 Å². The highest BCUT2D eigenvalue weighted by molar-refractivity contribution is 9.09. The largest absolute Gasteiger partial charge is 0.417 e. The number of hydrogen-bond donors (Lipinski definition) is 0. The maximum Gasteiger partial charge on any atom is 0.388 e. The minimum absolute atomic E-state index is 0.0567. The van der Waals surface area contributed by atoms with Crippen molar-refractivity contribution in [1.29, 1.82) is 0 Å². The fourth-order valence-corrected chi connectivity index (χ4v) is 1.11. The average Bonchev–Trinajstić information content (AvgIpc) is 2.03. The molecule has 1 aromatic rings. The Morgan fingerprint density at radius 3 is 2.77 bits per heavy atom. The zero-order chi connectivity index (χ0) is 9.84. The third-order valence-corrected chi connectivity index (χ3v) is 1.96. The number of alkyl halides is 3. The molecule has 1 unspecified atom stereocenters. The predicted molar refractivity (Wildman–Crippen MR) is 48.2 cm³/mol. The standard InChI is InChI=1S/C8H8BrF2NO/c1-5(9)6-2-3-12-7(4-6)13-8(10)11/h2-5,8H,1H3. The average molecular weight is 252 g/mol. The zero-order valence-electron chi connectivity index (χ0n) is 6.88. The second kappa shape index (κ2) is 4.50. The number of ether oxygens (including phenoxy) is 1. The van der Waals surface area contributed by atoms with Gasteiger partial charge in [-0.1, -0.05) is 15.9 Å². The molecule has 0 saturated heterocycles. The summed E-state index contributed by atoms with van der Waals surface area (Å²) in [5.41, 5.74) is 0.852. The van der Waals surface area contributed by atoms with Gasteiger partial charge in [0.05, 0.1) is 0 Å². The topological polar surface area (TPSA) is 22.1 Å². The Morgan fingerprint density at radius 1 is 1.54 bits per heavy atom. The lowest BCUT2D eigenvalue weighted by Gasteiger charge is -2.06. The number of halogens is 3. The van der Waals surface area contributed by atoms with Gasteiger partial charge in [-0.15, -0.1) is 0 Å². The Bertz CT molecular complexity index is 281. The first-order valence-corrected chi connectivity index (χ1v) is 4.56. The molecule has 0 fully saturated rings. The Labute approximate surface area is 83.1 Å². The minimum atomic E-state index is -2.83. The van der Waals surface area contributed by atoms with Crippen LogP contribution in [0.25, 0.3) is 0 Å². The van der Waals surface area contributed by atoms with Crippen LogP contribution >= 0.6 is 15.9 Å². The lowest BCUT2D eigenvalue weighted by Crippen LogP contribution is -2.03. The third-order valence-electron chi connectivity index (χ3n) is 1.43. The van der Waals surface area contributed by atoms with Crippen LogP contribution in [0.5, 0.6) is 5.88 Å². The van der Waals surface area contributed by atoms with Crippen molar-refractivity contribution in [2.24, 2.45) is 0 Å². The summed E-state index contributed by atoms with van der Waals surface area (Å²) in [4.78, 5) is 3.73. The Morgan fingerprint density at radius 2 is 2.23 bits per heavy atom. The summed E-state index contributed by atoms with van der Waals surface area (Å²) in [6.45, 7) is -0.935. The van der Waals surface area contributed by atoms with Crippen molar-refractivity contribution in [3.05, 3.63) is 23.9 Å². The highest BCUT2D eigenvalue weighted by atomic mass is 79.9. The SMILES string of the molecule is CC(Br)c1ccnc(OC(F)F)c1. The van der Waals surface area contributed by atoms with Crippen molar-refractivity contribution >= 4 is 15.9 Å². The molecule has 0 aliphatic heterocycles. The summed E-state index contributed by atoms with van der Waals surface area (Å²) >= 11 is 3.31. The molecule has 0 radical (unpaired) electrons. The van der Waals surface area contributed by atoms with Gasteiger partial charge in [-0.05, 0) is 18.6 Å². The molecule has 5 heteroatoms. The highest BCUT2D eigenvalue weighted by Gasteiger charge is 2.07. The zero-order valence-corrected chi connectivity index (χ0v) is 8.46. The molecule has 0 aliphatic rings. The number of nitrogens with zero attached hydrogens (tertiary/aromatic N) is 1. The number of hydrogen-bond acceptors (Lipinski definition) is 2. The van der Waals surface area contributed by atoms with Gasteiger partial charge in [-0.3, -0.25) is 0 Å². The highest BCUT2D eigenvalue weighted by Crippen LogP contribution is 2.23. The molecule has 0 N–H and O–H groups in total. The van der Waals surface area contributed by atoms with Crippen LogP contribution in [-0.4, -0.2) is 11.6 Å². The lowest BCUT2D eigenvalue weighted by molar-refractivity contribution is -0.0528. The van der Waals surface area contributed by atoms with E-state index in [0.717, 1.165) is 5.56 Å². The predicted octanol–water partition coefficient (Wildman–Crippen LogP) is 3.14. The Kier molecular flexibility index (Phi) is 3.59.